The van der Waals surface area contributed by atoms with Crippen molar-refractivity contribution in [3.8, 4) is 0 Å². The monoisotopic (exact) mass is 444 g/mol. The molecule has 0 radical (unpaired) electrons. The van der Waals surface area contributed by atoms with E-state index in [4.69, 9.17) is 9.15 Å². The second-order valence-corrected chi connectivity index (χ2v) is 8.54. The van der Waals surface area contributed by atoms with Crippen molar-refractivity contribution in [2.45, 2.75) is 46.1 Å². The smallest absolute Gasteiger partial charge is 0.276 e. The van der Waals surface area contributed by atoms with Gasteiger partial charge in [0.25, 0.3) is 5.91 Å². The normalized spacial score (nSPS) is 16.4. The topological polar surface area (TPSA) is 82.3 Å². The van der Waals surface area contributed by atoms with Gasteiger partial charge in [-0.05, 0) is 26.3 Å². The first-order valence-electron chi connectivity index (χ1n) is 11.5. The standard InChI is InChI=1S/C24H36N4O4/c1-4-28(14-20-8-6-5-7-9-20)24(30)22-18-32-23(25-22)16-27-12-10-26(11-13-27)15-21(29)17-31-19(2)3/h5-9,18-19,21,29H,4,10-17H2,1-3H3/t21-/m1/s1. The van der Waals surface area contributed by atoms with Crippen molar-refractivity contribution in [1.82, 2.24) is 19.7 Å². The summed E-state index contributed by atoms with van der Waals surface area (Å²) in [5, 5.41) is 10.1. The van der Waals surface area contributed by atoms with Crippen LogP contribution in [-0.2, 0) is 17.8 Å². The lowest BCUT2D eigenvalue weighted by molar-refractivity contribution is -0.0151. The second-order valence-electron chi connectivity index (χ2n) is 8.54. The van der Waals surface area contributed by atoms with Gasteiger partial charge in [0.15, 0.2) is 5.69 Å². The molecule has 1 fully saturated rings. The van der Waals surface area contributed by atoms with E-state index in [2.05, 4.69) is 14.8 Å². The largest absolute Gasteiger partial charge is 0.447 e. The van der Waals surface area contributed by atoms with Crippen molar-refractivity contribution in [2.24, 2.45) is 0 Å². The quantitative estimate of drug-likeness (QED) is 0.569. The lowest BCUT2D eigenvalue weighted by Gasteiger charge is -2.35. The van der Waals surface area contributed by atoms with Gasteiger partial charge in [0.2, 0.25) is 5.89 Å². The van der Waals surface area contributed by atoms with Crippen LogP contribution in [0.2, 0.25) is 0 Å². The van der Waals surface area contributed by atoms with Crippen LogP contribution in [0.15, 0.2) is 41.0 Å². The molecule has 1 amide bonds. The Kier molecular flexibility index (Phi) is 9.23. The molecule has 2 heterocycles. The van der Waals surface area contributed by atoms with Gasteiger partial charge in [0.1, 0.15) is 6.26 Å². The van der Waals surface area contributed by atoms with Gasteiger partial charge in [-0.25, -0.2) is 4.98 Å². The van der Waals surface area contributed by atoms with Crippen molar-refractivity contribution < 1.29 is 19.1 Å². The highest BCUT2D eigenvalue weighted by Gasteiger charge is 2.23. The number of rotatable bonds is 11. The van der Waals surface area contributed by atoms with Gasteiger partial charge in [-0.2, -0.15) is 0 Å². The van der Waals surface area contributed by atoms with E-state index in [1.165, 1.54) is 6.26 Å². The first-order chi connectivity index (χ1) is 15.4. The molecule has 1 saturated heterocycles. The van der Waals surface area contributed by atoms with Crippen LogP contribution in [-0.4, -0.2) is 88.8 Å². The van der Waals surface area contributed by atoms with Crippen LogP contribution in [0.25, 0.3) is 0 Å². The van der Waals surface area contributed by atoms with Gasteiger partial charge in [-0.3, -0.25) is 14.6 Å². The summed E-state index contributed by atoms with van der Waals surface area (Å²) >= 11 is 0. The van der Waals surface area contributed by atoms with E-state index < -0.39 is 6.10 Å². The lowest BCUT2D eigenvalue weighted by Crippen LogP contribution is -2.48. The van der Waals surface area contributed by atoms with Gasteiger partial charge in [-0.15, -0.1) is 0 Å². The van der Waals surface area contributed by atoms with Gasteiger partial charge in [0.05, 0.1) is 25.4 Å². The fraction of sp³-hybridized carbons (Fsp3) is 0.583. The van der Waals surface area contributed by atoms with Crippen LogP contribution in [0.5, 0.6) is 0 Å². The van der Waals surface area contributed by atoms with Crippen molar-refractivity contribution in [2.75, 3.05) is 45.9 Å². The van der Waals surface area contributed by atoms with Gasteiger partial charge < -0.3 is 19.2 Å². The molecule has 2 aromatic rings. The van der Waals surface area contributed by atoms with Gasteiger partial charge in [0, 0.05) is 45.8 Å². The van der Waals surface area contributed by atoms with E-state index in [1.807, 2.05) is 51.1 Å². The highest BCUT2D eigenvalue weighted by Crippen LogP contribution is 2.13. The number of aliphatic hydroxyl groups excluding tert-OH is 1. The molecule has 1 aliphatic rings. The number of piperazine rings is 1. The van der Waals surface area contributed by atoms with E-state index in [0.29, 0.717) is 44.4 Å². The maximum absolute atomic E-state index is 12.9. The fourth-order valence-electron chi connectivity index (χ4n) is 3.75. The molecule has 0 spiro atoms. The Morgan fingerprint density at radius 1 is 1.19 bits per heavy atom. The number of hydrogen-bond acceptors (Lipinski definition) is 7. The van der Waals surface area contributed by atoms with Crippen molar-refractivity contribution in [3.63, 3.8) is 0 Å². The summed E-state index contributed by atoms with van der Waals surface area (Å²) in [5.41, 5.74) is 1.44. The molecule has 32 heavy (non-hydrogen) atoms. The van der Waals surface area contributed by atoms with Crippen molar-refractivity contribution >= 4 is 5.91 Å². The number of nitrogens with zero attached hydrogens (tertiary/aromatic N) is 4. The number of ether oxygens (including phenoxy) is 1. The Balaban J connectivity index is 1.45. The van der Waals surface area contributed by atoms with E-state index in [0.717, 1.165) is 31.7 Å². The lowest BCUT2D eigenvalue weighted by atomic mass is 10.2. The van der Waals surface area contributed by atoms with Crippen LogP contribution >= 0.6 is 0 Å². The number of benzene rings is 1. The Hall–Kier alpha value is -2.26. The van der Waals surface area contributed by atoms with E-state index >= 15 is 0 Å². The third-order valence-corrected chi connectivity index (χ3v) is 5.57. The zero-order valence-corrected chi connectivity index (χ0v) is 19.4. The number of hydrogen-bond donors (Lipinski definition) is 1. The average molecular weight is 445 g/mol. The number of carbonyl (C=O) groups is 1. The molecule has 0 saturated carbocycles. The Labute approximate surface area is 190 Å². The predicted octanol–water partition coefficient (Wildman–Crippen LogP) is 2.24. The van der Waals surface area contributed by atoms with Crippen molar-refractivity contribution in [3.05, 3.63) is 53.7 Å². The molecule has 8 nitrogen and oxygen atoms in total. The zero-order valence-electron chi connectivity index (χ0n) is 19.4. The number of oxazole rings is 1. The van der Waals surface area contributed by atoms with Crippen LogP contribution < -0.4 is 0 Å². The maximum atomic E-state index is 12.9. The molecule has 1 N–H and O–H groups in total. The van der Waals surface area contributed by atoms with Crippen LogP contribution in [0, 0.1) is 0 Å². The number of aromatic nitrogens is 1. The summed E-state index contributed by atoms with van der Waals surface area (Å²) in [5.74, 6) is 0.441. The van der Waals surface area contributed by atoms with Crippen LogP contribution in [0.3, 0.4) is 0 Å². The molecular formula is C24H36N4O4. The number of carbonyl (C=O) groups excluding carboxylic acids is 1. The molecule has 1 aliphatic heterocycles. The first-order valence-corrected chi connectivity index (χ1v) is 11.5. The molecule has 0 bridgehead atoms. The van der Waals surface area contributed by atoms with Gasteiger partial charge in [-0.1, -0.05) is 30.3 Å². The minimum Gasteiger partial charge on any atom is -0.447 e. The molecule has 1 aromatic carbocycles. The second kappa shape index (κ2) is 12.1. The Morgan fingerprint density at radius 2 is 1.88 bits per heavy atom. The summed E-state index contributed by atoms with van der Waals surface area (Å²) in [6, 6.07) is 9.94. The highest BCUT2D eigenvalue weighted by molar-refractivity contribution is 5.91. The van der Waals surface area contributed by atoms with Gasteiger partial charge >= 0.3 is 0 Å². The number of amides is 1. The Morgan fingerprint density at radius 3 is 2.53 bits per heavy atom. The third kappa shape index (κ3) is 7.41. The molecule has 1 atom stereocenters. The van der Waals surface area contributed by atoms with E-state index in [1.54, 1.807) is 4.90 Å². The SMILES string of the molecule is CCN(Cc1ccccc1)C(=O)c1coc(CN2CCN(C[C@@H](O)COC(C)C)CC2)n1. The molecule has 0 unspecified atom stereocenters. The molecule has 3 rings (SSSR count). The minimum atomic E-state index is -0.471. The zero-order chi connectivity index (χ0) is 22.9. The summed E-state index contributed by atoms with van der Waals surface area (Å²) < 4.78 is 11.1. The molecule has 8 heteroatoms. The molecule has 0 aliphatic carbocycles. The van der Waals surface area contributed by atoms with E-state index in [-0.39, 0.29) is 12.0 Å². The predicted molar refractivity (Wildman–Crippen MR) is 122 cm³/mol. The van der Waals surface area contributed by atoms with Crippen LogP contribution in [0.1, 0.15) is 42.7 Å². The highest BCUT2D eigenvalue weighted by atomic mass is 16.5. The average Bonchev–Trinajstić information content (AvgIpc) is 3.26. The summed E-state index contributed by atoms with van der Waals surface area (Å²) in [6.45, 7) is 12.1. The summed E-state index contributed by atoms with van der Waals surface area (Å²) in [4.78, 5) is 23.6. The maximum Gasteiger partial charge on any atom is 0.276 e. The first kappa shape index (κ1) is 24.4. The molecule has 1 aromatic heterocycles. The number of aliphatic hydroxyl groups is 1. The Bertz CT molecular complexity index is 818. The van der Waals surface area contributed by atoms with Crippen LogP contribution in [0.4, 0.5) is 0 Å². The molecule has 176 valence electrons. The summed E-state index contributed by atoms with van der Waals surface area (Å²) in [6.07, 6.45) is 1.12. The minimum absolute atomic E-state index is 0.117. The fourth-order valence-corrected chi connectivity index (χ4v) is 3.75. The van der Waals surface area contributed by atoms with E-state index in [9.17, 15) is 9.90 Å². The summed E-state index contributed by atoms with van der Waals surface area (Å²) in [7, 11) is 0. The molecular weight excluding hydrogens is 408 g/mol. The van der Waals surface area contributed by atoms with Crippen molar-refractivity contribution in [1.29, 1.82) is 0 Å². The third-order valence-electron chi connectivity index (χ3n) is 5.57. The number of β-amino-alcohol motifs (C(OH)–C–C–N with tert-alkyl or cyclic N) is 1.